The van der Waals surface area contributed by atoms with E-state index in [9.17, 15) is 19.7 Å². The Labute approximate surface area is 161 Å². The van der Waals surface area contributed by atoms with E-state index >= 15 is 0 Å². The van der Waals surface area contributed by atoms with Crippen molar-refractivity contribution in [2.24, 2.45) is 5.10 Å². The molecule has 2 aromatic carbocycles. The molecule has 26 heavy (non-hydrogen) atoms. The molecule has 0 saturated heterocycles. The van der Waals surface area contributed by atoms with Crippen molar-refractivity contribution in [3.05, 3.63) is 67.1 Å². The summed E-state index contributed by atoms with van der Waals surface area (Å²) < 4.78 is 0. The Morgan fingerprint density at radius 2 is 1.73 bits per heavy atom. The number of hydrogen-bond donors (Lipinski definition) is 2. The van der Waals surface area contributed by atoms with Crippen molar-refractivity contribution in [1.82, 2.24) is 5.43 Å². The number of carbonyl (C=O) groups excluding carboxylic acids is 2. The molecule has 0 aliphatic heterocycles. The van der Waals surface area contributed by atoms with Gasteiger partial charge in [0.2, 0.25) is 0 Å². The third kappa shape index (κ3) is 5.16. The molecule has 0 aromatic heterocycles. The van der Waals surface area contributed by atoms with Gasteiger partial charge in [0.1, 0.15) is 5.02 Å². The zero-order valence-electron chi connectivity index (χ0n) is 12.7. The molecular formula is C15H9Cl3N4O4. The molecule has 0 atom stereocenters. The Hall–Kier alpha value is -2.68. The molecule has 0 aliphatic carbocycles. The fraction of sp³-hybridized carbons (Fsp3) is 0. The van der Waals surface area contributed by atoms with Crippen LogP contribution in [0.5, 0.6) is 0 Å². The molecule has 0 fully saturated rings. The smallest absolute Gasteiger partial charge is 0.316 e. The topological polar surface area (TPSA) is 114 Å². The van der Waals surface area contributed by atoms with E-state index in [0.717, 1.165) is 6.21 Å². The number of nitro benzene ring substituents is 1. The molecule has 0 radical (unpaired) electrons. The van der Waals surface area contributed by atoms with Crippen LogP contribution in [0, 0.1) is 10.1 Å². The van der Waals surface area contributed by atoms with Crippen LogP contribution in [0.4, 0.5) is 11.4 Å². The van der Waals surface area contributed by atoms with Crippen LogP contribution < -0.4 is 10.7 Å². The van der Waals surface area contributed by atoms with Crippen molar-refractivity contribution in [1.29, 1.82) is 0 Å². The summed E-state index contributed by atoms with van der Waals surface area (Å²) in [5.74, 6) is -2.09. The summed E-state index contributed by atoms with van der Waals surface area (Å²) in [5.41, 5.74) is 2.15. The minimum absolute atomic E-state index is 0.0334. The predicted octanol–water partition coefficient (Wildman–Crippen LogP) is 3.64. The fourth-order valence-corrected chi connectivity index (χ4v) is 2.26. The SMILES string of the molecule is O=C(N/N=C\c1ccc(Cl)c([N+](=O)[O-])c1)C(=O)Nc1cc(Cl)ccc1Cl. The van der Waals surface area contributed by atoms with Crippen molar-refractivity contribution in [3.8, 4) is 0 Å². The van der Waals surface area contributed by atoms with Crippen LogP contribution in [0.3, 0.4) is 0 Å². The third-order valence-electron chi connectivity index (χ3n) is 2.93. The summed E-state index contributed by atoms with van der Waals surface area (Å²) in [7, 11) is 0. The van der Waals surface area contributed by atoms with Crippen molar-refractivity contribution >= 4 is 64.2 Å². The van der Waals surface area contributed by atoms with E-state index in [1.807, 2.05) is 5.43 Å². The number of nitro groups is 1. The number of nitrogens with one attached hydrogen (secondary N) is 2. The van der Waals surface area contributed by atoms with Crippen LogP contribution in [-0.4, -0.2) is 23.0 Å². The number of benzene rings is 2. The molecule has 0 bridgehead atoms. The summed E-state index contributed by atoms with van der Waals surface area (Å²) >= 11 is 17.4. The van der Waals surface area contributed by atoms with E-state index in [4.69, 9.17) is 34.8 Å². The van der Waals surface area contributed by atoms with Crippen molar-refractivity contribution in [3.63, 3.8) is 0 Å². The first kappa shape index (κ1) is 19.6. The summed E-state index contributed by atoms with van der Waals surface area (Å²) in [6.07, 6.45) is 1.13. The number of nitrogens with zero attached hydrogens (tertiary/aromatic N) is 2. The monoisotopic (exact) mass is 414 g/mol. The van der Waals surface area contributed by atoms with E-state index in [-0.39, 0.29) is 21.4 Å². The molecule has 2 aromatic rings. The summed E-state index contributed by atoms with van der Waals surface area (Å²) in [6.45, 7) is 0. The number of anilines is 1. The van der Waals surface area contributed by atoms with Gasteiger partial charge in [-0.3, -0.25) is 19.7 Å². The molecule has 0 unspecified atom stereocenters. The predicted molar refractivity (Wildman–Crippen MR) is 98.9 cm³/mol. The van der Waals surface area contributed by atoms with Crippen molar-refractivity contribution in [2.75, 3.05) is 5.32 Å². The standard InChI is InChI=1S/C15H9Cl3N4O4/c16-9-2-4-10(17)12(6-9)20-14(23)15(24)21-19-7-8-1-3-11(18)13(5-8)22(25)26/h1-7H,(H,20,23)(H,21,24)/b19-7-. The van der Waals surface area contributed by atoms with Gasteiger partial charge in [0.25, 0.3) is 5.69 Å². The number of carbonyl (C=O) groups is 2. The van der Waals surface area contributed by atoms with Crippen LogP contribution in [-0.2, 0) is 9.59 Å². The maximum Gasteiger partial charge on any atom is 0.329 e. The van der Waals surface area contributed by atoms with Gasteiger partial charge < -0.3 is 5.32 Å². The maximum absolute atomic E-state index is 11.8. The average Bonchev–Trinajstić information content (AvgIpc) is 2.59. The van der Waals surface area contributed by atoms with E-state index < -0.39 is 16.7 Å². The van der Waals surface area contributed by atoms with Gasteiger partial charge in [-0.25, -0.2) is 5.43 Å². The number of halogens is 3. The Morgan fingerprint density at radius 3 is 2.42 bits per heavy atom. The van der Waals surface area contributed by atoms with E-state index in [0.29, 0.717) is 10.6 Å². The molecule has 0 saturated carbocycles. The maximum atomic E-state index is 11.8. The lowest BCUT2D eigenvalue weighted by molar-refractivity contribution is -0.384. The van der Waals surface area contributed by atoms with Gasteiger partial charge in [0.15, 0.2) is 0 Å². The number of hydrazone groups is 1. The summed E-state index contributed by atoms with van der Waals surface area (Å²) in [4.78, 5) is 33.7. The lowest BCUT2D eigenvalue weighted by Gasteiger charge is -2.06. The fourth-order valence-electron chi connectivity index (χ4n) is 1.74. The van der Waals surface area contributed by atoms with Gasteiger partial charge in [-0.15, -0.1) is 0 Å². The largest absolute Gasteiger partial charge is 0.329 e. The average molecular weight is 416 g/mol. The molecule has 2 rings (SSSR count). The summed E-state index contributed by atoms with van der Waals surface area (Å²) in [5, 5.41) is 17.1. The number of amides is 2. The highest BCUT2D eigenvalue weighted by Gasteiger charge is 2.15. The molecule has 0 aliphatic rings. The second kappa shape index (κ2) is 8.61. The normalized spacial score (nSPS) is 10.6. The molecule has 8 nitrogen and oxygen atoms in total. The zero-order valence-corrected chi connectivity index (χ0v) is 15.0. The van der Waals surface area contributed by atoms with Gasteiger partial charge in [-0.2, -0.15) is 5.10 Å². The molecule has 2 N–H and O–H groups in total. The molecule has 0 spiro atoms. The molecule has 11 heteroatoms. The number of rotatable bonds is 4. The van der Waals surface area contributed by atoms with Crippen LogP contribution in [0.25, 0.3) is 0 Å². The first-order valence-corrected chi connectivity index (χ1v) is 7.94. The van der Waals surface area contributed by atoms with Crippen LogP contribution in [0.2, 0.25) is 15.1 Å². The number of hydrogen-bond acceptors (Lipinski definition) is 5. The molecule has 2 amide bonds. The highest BCUT2D eigenvalue weighted by molar-refractivity contribution is 6.42. The lowest BCUT2D eigenvalue weighted by atomic mass is 10.2. The zero-order chi connectivity index (χ0) is 19.3. The highest BCUT2D eigenvalue weighted by Crippen LogP contribution is 2.25. The van der Waals surface area contributed by atoms with Gasteiger partial charge in [-0.05, 0) is 24.3 Å². The Bertz CT molecular complexity index is 918. The van der Waals surface area contributed by atoms with Crippen LogP contribution in [0.1, 0.15) is 5.56 Å². The second-order valence-electron chi connectivity index (χ2n) is 4.75. The molecule has 134 valence electrons. The van der Waals surface area contributed by atoms with Gasteiger partial charge in [0.05, 0.1) is 21.8 Å². The molecular weight excluding hydrogens is 407 g/mol. The van der Waals surface area contributed by atoms with Crippen molar-refractivity contribution < 1.29 is 14.5 Å². The van der Waals surface area contributed by atoms with E-state index in [2.05, 4.69) is 10.4 Å². The van der Waals surface area contributed by atoms with E-state index in [1.165, 1.54) is 36.4 Å². The Morgan fingerprint density at radius 1 is 1.04 bits per heavy atom. The summed E-state index contributed by atoms with van der Waals surface area (Å²) in [6, 6.07) is 8.31. The molecule has 0 heterocycles. The highest BCUT2D eigenvalue weighted by atomic mass is 35.5. The third-order valence-corrected chi connectivity index (χ3v) is 3.81. The minimum atomic E-state index is -1.07. The van der Waals surface area contributed by atoms with Crippen LogP contribution in [0.15, 0.2) is 41.5 Å². The van der Waals surface area contributed by atoms with Gasteiger partial charge in [0, 0.05) is 16.7 Å². The Kier molecular flexibility index (Phi) is 6.51. The quantitative estimate of drug-likeness (QED) is 0.343. The first-order valence-electron chi connectivity index (χ1n) is 6.81. The second-order valence-corrected chi connectivity index (χ2v) is 6.00. The van der Waals surface area contributed by atoms with Crippen LogP contribution >= 0.6 is 34.8 Å². The van der Waals surface area contributed by atoms with Gasteiger partial charge >= 0.3 is 11.8 Å². The first-order chi connectivity index (χ1) is 12.3. The minimum Gasteiger partial charge on any atom is -0.316 e. The van der Waals surface area contributed by atoms with Crippen molar-refractivity contribution in [2.45, 2.75) is 0 Å². The lowest BCUT2D eigenvalue weighted by Crippen LogP contribution is -2.32. The van der Waals surface area contributed by atoms with E-state index in [1.54, 1.807) is 0 Å². The van der Waals surface area contributed by atoms with Gasteiger partial charge in [-0.1, -0.05) is 40.9 Å². The Balaban J connectivity index is 2.00.